The number of hydrogen-bond acceptors (Lipinski definition) is 4. The van der Waals surface area contributed by atoms with Crippen LogP contribution in [0.5, 0.6) is 0 Å². The van der Waals surface area contributed by atoms with Crippen molar-refractivity contribution in [1.82, 2.24) is 19.9 Å². The minimum Gasteiger partial charge on any atom is -0.253 e. The van der Waals surface area contributed by atoms with Crippen LogP contribution in [0.15, 0.2) is 30.6 Å². The zero-order valence-electron chi connectivity index (χ0n) is 11.3. The third-order valence-corrected chi connectivity index (χ3v) is 4.82. The lowest BCUT2D eigenvalue weighted by atomic mass is 10.1. The molecule has 0 aliphatic carbocycles. The Morgan fingerprint density at radius 2 is 1.86 bits per heavy atom. The van der Waals surface area contributed by atoms with Crippen molar-refractivity contribution in [3.05, 3.63) is 45.0 Å². The lowest BCUT2D eigenvalue weighted by Gasteiger charge is -2.08. The number of hydrogen-bond donors (Lipinski definition) is 0. The zero-order chi connectivity index (χ0) is 14.8. The van der Waals surface area contributed by atoms with Gasteiger partial charge in [0.25, 0.3) is 0 Å². The van der Waals surface area contributed by atoms with Crippen molar-refractivity contribution in [2.45, 2.75) is 19.8 Å². The number of rotatable bonds is 3. The van der Waals surface area contributed by atoms with E-state index in [4.69, 9.17) is 11.6 Å². The number of benzene rings is 1. The van der Waals surface area contributed by atoms with Gasteiger partial charge < -0.3 is 0 Å². The fourth-order valence-electron chi connectivity index (χ4n) is 2.10. The van der Waals surface area contributed by atoms with Crippen LogP contribution in [0, 0.1) is 3.57 Å². The van der Waals surface area contributed by atoms with Crippen molar-refractivity contribution < 1.29 is 0 Å². The van der Waals surface area contributed by atoms with Gasteiger partial charge in [0.05, 0.1) is 20.3 Å². The molecule has 0 aliphatic heterocycles. The van der Waals surface area contributed by atoms with Crippen molar-refractivity contribution >= 4 is 45.2 Å². The van der Waals surface area contributed by atoms with E-state index in [-0.39, 0.29) is 0 Å². The van der Waals surface area contributed by atoms with Gasteiger partial charge in [-0.2, -0.15) is 0 Å². The Morgan fingerprint density at radius 3 is 2.62 bits per heavy atom. The van der Waals surface area contributed by atoms with Crippen molar-refractivity contribution in [3.8, 4) is 11.4 Å². The Labute approximate surface area is 141 Å². The van der Waals surface area contributed by atoms with Gasteiger partial charge in [0.1, 0.15) is 5.15 Å². The summed E-state index contributed by atoms with van der Waals surface area (Å²) in [7, 11) is 0. The third kappa shape index (κ3) is 2.98. The van der Waals surface area contributed by atoms with Gasteiger partial charge in [0.2, 0.25) is 0 Å². The van der Waals surface area contributed by atoms with Crippen LogP contribution in [0.25, 0.3) is 22.4 Å². The molecule has 0 radical (unpaired) electrons. The Bertz CT molecular complexity index is 807. The quantitative estimate of drug-likeness (QED) is 0.477. The molecule has 0 unspecified atom stereocenters. The molecule has 4 nitrogen and oxygen atoms in total. The molecule has 0 N–H and O–H groups in total. The highest BCUT2D eigenvalue weighted by molar-refractivity contribution is 14.1. The fraction of sp³-hybridized carbons (Fsp3) is 0.200. The minimum absolute atomic E-state index is 0.503. The lowest BCUT2D eigenvalue weighted by Crippen LogP contribution is -2.00. The summed E-state index contributed by atoms with van der Waals surface area (Å²) in [6.45, 7) is 2.12. The number of halogens is 2. The fourth-order valence-corrected chi connectivity index (χ4v) is 2.80. The number of nitrogens with zero attached hydrogens (tertiary/aromatic N) is 4. The summed E-state index contributed by atoms with van der Waals surface area (Å²) in [6, 6.07) is 5.81. The molecule has 21 heavy (non-hydrogen) atoms. The van der Waals surface area contributed by atoms with E-state index >= 15 is 0 Å². The lowest BCUT2D eigenvalue weighted by molar-refractivity contribution is 0.867. The van der Waals surface area contributed by atoms with E-state index in [1.807, 2.05) is 18.2 Å². The summed E-state index contributed by atoms with van der Waals surface area (Å²) in [4.78, 5) is 17.6. The molecule has 0 bridgehead atoms. The second kappa shape index (κ2) is 6.19. The summed E-state index contributed by atoms with van der Waals surface area (Å²) in [5.74, 6) is 0.636. The van der Waals surface area contributed by atoms with Crippen molar-refractivity contribution in [3.63, 3.8) is 0 Å². The first-order chi connectivity index (χ1) is 10.2. The largest absolute Gasteiger partial charge is 0.253 e. The van der Waals surface area contributed by atoms with Gasteiger partial charge >= 0.3 is 0 Å². The van der Waals surface area contributed by atoms with Crippen LogP contribution >= 0.6 is 34.2 Å². The molecule has 2 aromatic heterocycles. The Morgan fingerprint density at radius 1 is 1.10 bits per heavy atom. The molecule has 0 amide bonds. The SMILES string of the molecule is CCCc1nc(-c2ccc3nccnc3c2)nc(Cl)c1I. The summed E-state index contributed by atoms with van der Waals surface area (Å²) in [6.07, 6.45) is 5.27. The molecule has 0 aliphatic rings. The number of fused-ring (bicyclic) bond motifs is 1. The molecule has 2 heterocycles. The van der Waals surface area contributed by atoms with E-state index in [1.165, 1.54) is 0 Å². The molecule has 3 aromatic rings. The molecule has 0 saturated carbocycles. The normalized spacial score (nSPS) is 11.0. The first-order valence-corrected chi connectivity index (χ1v) is 8.07. The minimum atomic E-state index is 0.503. The smallest absolute Gasteiger partial charge is 0.161 e. The van der Waals surface area contributed by atoms with Crippen LogP contribution in [0.1, 0.15) is 19.0 Å². The van der Waals surface area contributed by atoms with E-state index in [2.05, 4.69) is 49.5 Å². The van der Waals surface area contributed by atoms with Gasteiger partial charge in [-0.3, -0.25) is 9.97 Å². The summed E-state index contributed by atoms with van der Waals surface area (Å²) in [5.41, 5.74) is 3.57. The van der Waals surface area contributed by atoms with Gasteiger partial charge in [0.15, 0.2) is 5.82 Å². The van der Waals surface area contributed by atoms with Gasteiger partial charge in [-0.1, -0.05) is 24.9 Å². The molecule has 3 rings (SSSR count). The zero-order valence-corrected chi connectivity index (χ0v) is 14.3. The van der Waals surface area contributed by atoms with Gasteiger partial charge in [-0.15, -0.1) is 0 Å². The van der Waals surface area contributed by atoms with E-state index in [1.54, 1.807) is 12.4 Å². The second-order valence-electron chi connectivity index (χ2n) is 4.61. The maximum atomic E-state index is 6.24. The van der Waals surface area contributed by atoms with Crippen LogP contribution in [0.3, 0.4) is 0 Å². The van der Waals surface area contributed by atoms with Crippen molar-refractivity contribution in [2.24, 2.45) is 0 Å². The third-order valence-electron chi connectivity index (χ3n) is 3.09. The summed E-state index contributed by atoms with van der Waals surface area (Å²) >= 11 is 8.44. The highest BCUT2D eigenvalue weighted by atomic mass is 127. The average molecular weight is 411 g/mol. The molecule has 0 fully saturated rings. The first-order valence-electron chi connectivity index (χ1n) is 6.62. The first kappa shape index (κ1) is 14.6. The Balaban J connectivity index is 2.13. The molecule has 1 aromatic carbocycles. The van der Waals surface area contributed by atoms with Crippen molar-refractivity contribution in [1.29, 1.82) is 0 Å². The van der Waals surface area contributed by atoms with Crippen LogP contribution in [-0.2, 0) is 6.42 Å². The highest BCUT2D eigenvalue weighted by Gasteiger charge is 2.12. The summed E-state index contributed by atoms with van der Waals surface area (Å²) < 4.78 is 0.931. The van der Waals surface area contributed by atoms with Crippen LogP contribution in [0.4, 0.5) is 0 Å². The molecule has 0 atom stereocenters. The predicted molar refractivity (Wildman–Crippen MR) is 92.3 cm³/mol. The van der Waals surface area contributed by atoms with E-state index in [0.29, 0.717) is 11.0 Å². The van der Waals surface area contributed by atoms with Gasteiger partial charge in [0, 0.05) is 18.0 Å². The predicted octanol–water partition coefficient (Wildman–Crippen LogP) is 4.30. The maximum absolute atomic E-state index is 6.24. The monoisotopic (exact) mass is 410 g/mol. The Hall–Kier alpha value is -1.34. The number of aromatic nitrogens is 4. The summed E-state index contributed by atoms with van der Waals surface area (Å²) in [5, 5.41) is 0.503. The molecular formula is C15H12ClIN4. The molecule has 0 saturated heterocycles. The van der Waals surface area contributed by atoms with E-state index in [0.717, 1.165) is 38.7 Å². The van der Waals surface area contributed by atoms with Crippen LogP contribution in [0.2, 0.25) is 5.15 Å². The highest BCUT2D eigenvalue weighted by Crippen LogP contribution is 2.26. The molecule has 106 valence electrons. The second-order valence-corrected chi connectivity index (χ2v) is 6.05. The van der Waals surface area contributed by atoms with Crippen molar-refractivity contribution in [2.75, 3.05) is 0 Å². The standard InChI is InChI=1S/C15H12ClIN4/c1-2-3-11-13(17)14(16)21-15(20-11)9-4-5-10-12(8-9)19-7-6-18-10/h4-8H,2-3H2,1H3. The van der Waals surface area contributed by atoms with E-state index in [9.17, 15) is 0 Å². The maximum Gasteiger partial charge on any atom is 0.161 e. The van der Waals surface area contributed by atoms with Gasteiger partial charge in [-0.25, -0.2) is 9.97 Å². The van der Waals surface area contributed by atoms with E-state index < -0.39 is 0 Å². The topological polar surface area (TPSA) is 51.6 Å². The molecule has 0 spiro atoms. The molecule has 6 heteroatoms. The number of aryl methyl sites for hydroxylation is 1. The van der Waals surface area contributed by atoms with Crippen LogP contribution in [-0.4, -0.2) is 19.9 Å². The van der Waals surface area contributed by atoms with Crippen LogP contribution < -0.4 is 0 Å². The Kier molecular flexibility index (Phi) is 4.30. The molecular weight excluding hydrogens is 399 g/mol. The average Bonchev–Trinajstić information content (AvgIpc) is 2.51. The van der Waals surface area contributed by atoms with Gasteiger partial charge in [-0.05, 0) is 47.2 Å².